The zero-order valence-electron chi connectivity index (χ0n) is 22.2. The molecule has 6 heteroatoms. The lowest BCUT2D eigenvalue weighted by molar-refractivity contribution is 0.00300. The largest absolute Gasteiger partial charge is 0.439 e. The SMILES string of the molecule is Cc1ccc(Oc2c(CN(C[C@H](O)COCc3ccccc3)C(C)C)c(C)nn2-c2ccccc2)cc1. The number of rotatable bonds is 12. The average Bonchev–Trinajstić information content (AvgIpc) is 3.20. The highest BCUT2D eigenvalue weighted by Crippen LogP contribution is 2.32. The molecule has 3 aromatic carbocycles. The van der Waals surface area contributed by atoms with Crippen LogP contribution in [0.2, 0.25) is 0 Å². The Balaban J connectivity index is 1.53. The van der Waals surface area contributed by atoms with Crippen LogP contribution in [0.25, 0.3) is 5.69 Å². The van der Waals surface area contributed by atoms with Gasteiger partial charge >= 0.3 is 0 Å². The number of ether oxygens (including phenoxy) is 2. The third-order valence-corrected chi connectivity index (χ3v) is 6.33. The molecule has 37 heavy (non-hydrogen) atoms. The van der Waals surface area contributed by atoms with Crippen molar-refractivity contribution in [2.45, 2.75) is 53.0 Å². The highest BCUT2D eigenvalue weighted by Gasteiger charge is 2.24. The Morgan fingerprint density at radius 3 is 2.19 bits per heavy atom. The summed E-state index contributed by atoms with van der Waals surface area (Å²) in [6, 6.07) is 28.3. The van der Waals surface area contributed by atoms with Gasteiger partial charge in [0.15, 0.2) is 0 Å². The van der Waals surface area contributed by atoms with Crippen molar-refractivity contribution in [3.8, 4) is 17.3 Å². The number of para-hydroxylation sites is 1. The zero-order valence-corrected chi connectivity index (χ0v) is 22.2. The number of hydrogen-bond donors (Lipinski definition) is 1. The van der Waals surface area contributed by atoms with Crippen LogP contribution in [0.4, 0.5) is 0 Å². The molecular weight excluding hydrogens is 462 g/mol. The van der Waals surface area contributed by atoms with E-state index in [2.05, 4.69) is 25.7 Å². The normalized spacial score (nSPS) is 12.3. The second kappa shape index (κ2) is 12.7. The molecule has 0 unspecified atom stereocenters. The van der Waals surface area contributed by atoms with Gasteiger partial charge in [0.1, 0.15) is 5.75 Å². The van der Waals surface area contributed by atoms with Gasteiger partial charge in [0.25, 0.3) is 0 Å². The molecule has 0 aliphatic carbocycles. The first-order chi connectivity index (χ1) is 17.9. The smallest absolute Gasteiger partial charge is 0.227 e. The number of aromatic nitrogens is 2. The number of aryl methyl sites for hydroxylation is 2. The van der Waals surface area contributed by atoms with E-state index in [0.717, 1.165) is 28.3 Å². The Morgan fingerprint density at radius 1 is 0.892 bits per heavy atom. The summed E-state index contributed by atoms with van der Waals surface area (Å²) in [4.78, 5) is 2.23. The number of hydrogen-bond acceptors (Lipinski definition) is 5. The maximum atomic E-state index is 10.8. The van der Waals surface area contributed by atoms with E-state index < -0.39 is 6.10 Å². The second-order valence-corrected chi connectivity index (χ2v) is 9.71. The molecule has 4 aromatic rings. The number of aliphatic hydroxyl groups is 1. The van der Waals surface area contributed by atoms with E-state index in [0.29, 0.717) is 25.6 Å². The Morgan fingerprint density at radius 2 is 1.54 bits per heavy atom. The van der Waals surface area contributed by atoms with Gasteiger partial charge in [-0.2, -0.15) is 5.10 Å². The van der Waals surface area contributed by atoms with Crippen LogP contribution in [-0.2, 0) is 17.9 Å². The van der Waals surface area contributed by atoms with Gasteiger partial charge in [-0.1, -0.05) is 66.2 Å². The average molecular weight is 500 g/mol. The van der Waals surface area contributed by atoms with E-state index in [1.807, 2.05) is 96.5 Å². The highest BCUT2D eigenvalue weighted by atomic mass is 16.5. The molecule has 0 fully saturated rings. The van der Waals surface area contributed by atoms with Crippen LogP contribution in [0.3, 0.4) is 0 Å². The van der Waals surface area contributed by atoms with Crippen molar-refractivity contribution in [3.63, 3.8) is 0 Å². The Kier molecular flexibility index (Phi) is 9.12. The molecule has 0 spiro atoms. The maximum Gasteiger partial charge on any atom is 0.227 e. The monoisotopic (exact) mass is 499 g/mol. The van der Waals surface area contributed by atoms with Gasteiger partial charge in [0.05, 0.1) is 36.3 Å². The van der Waals surface area contributed by atoms with Gasteiger partial charge in [-0.05, 0) is 57.5 Å². The third-order valence-electron chi connectivity index (χ3n) is 6.33. The van der Waals surface area contributed by atoms with Crippen molar-refractivity contribution in [1.82, 2.24) is 14.7 Å². The molecule has 194 valence electrons. The molecule has 0 radical (unpaired) electrons. The Bertz CT molecular complexity index is 1240. The quantitative estimate of drug-likeness (QED) is 0.256. The lowest BCUT2D eigenvalue weighted by Crippen LogP contribution is -2.39. The second-order valence-electron chi connectivity index (χ2n) is 9.71. The van der Waals surface area contributed by atoms with E-state index in [-0.39, 0.29) is 12.6 Å². The predicted octanol–water partition coefficient (Wildman–Crippen LogP) is 6.07. The number of nitrogens with zero attached hydrogens (tertiary/aromatic N) is 3. The summed E-state index contributed by atoms with van der Waals surface area (Å²) < 4.78 is 14.1. The fourth-order valence-corrected chi connectivity index (χ4v) is 4.16. The molecule has 0 aliphatic rings. The van der Waals surface area contributed by atoms with Gasteiger partial charge in [0, 0.05) is 19.1 Å². The van der Waals surface area contributed by atoms with Gasteiger partial charge in [0.2, 0.25) is 5.88 Å². The predicted molar refractivity (Wildman–Crippen MR) is 147 cm³/mol. The minimum absolute atomic E-state index is 0.204. The van der Waals surface area contributed by atoms with Gasteiger partial charge in [-0.25, -0.2) is 4.68 Å². The first-order valence-corrected chi connectivity index (χ1v) is 12.8. The molecule has 1 heterocycles. The zero-order chi connectivity index (χ0) is 26.2. The van der Waals surface area contributed by atoms with E-state index in [1.54, 1.807) is 0 Å². The fraction of sp³-hybridized carbons (Fsp3) is 0.323. The molecule has 0 saturated heterocycles. The first kappa shape index (κ1) is 26.6. The van der Waals surface area contributed by atoms with Crippen molar-refractivity contribution in [2.75, 3.05) is 13.2 Å². The summed E-state index contributed by atoms with van der Waals surface area (Å²) in [5.41, 5.74) is 5.10. The topological polar surface area (TPSA) is 59.8 Å². The molecule has 1 N–H and O–H groups in total. The molecule has 6 nitrogen and oxygen atoms in total. The number of aliphatic hydroxyl groups excluding tert-OH is 1. The van der Waals surface area contributed by atoms with Crippen LogP contribution in [0.5, 0.6) is 11.6 Å². The molecule has 4 rings (SSSR count). The summed E-state index contributed by atoms with van der Waals surface area (Å²) >= 11 is 0. The molecule has 0 aliphatic heterocycles. The van der Waals surface area contributed by atoms with Crippen LogP contribution in [0.1, 0.15) is 36.2 Å². The van der Waals surface area contributed by atoms with Gasteiger partial charge in [-0.15, -0.1) is 0 Å². The lowest BCUT2D eigenvalue weighted by atomic mass is 10.2. The maximum absolute atomic E-state index is 10.8. The van der Waals surface area contributed by atoms with Crippen LogP contribution in [-0.4, -0.2) is 45.1 Å². The van der Waals surface area contributed by atoms with Crippen molar-refractivity contribution >= 4 is 0 Å². The Hall–Kier alpha value is -3.45. The number of benzene rings is 3. The van der Waals surface area contributed by atoms with Crippen LogP contribution in [0, 0.1) is 13.8 Å². The fourth-order valence-electron chi connectivity index (χ4n) is 4.16. The lowest BCUT2D eigenvalue weighted by Gasteiger charge is -2.29. The highest BCUT2D eigenvalue weighted by molar-refractivity contribution is 5.43. The minimum atomic E-state index is -0.614. The summed E-state index contributed by atoms with van der Waals surface area (Å²) in [7, 11) is 0. The molecular formula is C31H37N3O3. The van der Waals surface area contributed by atoms with Crippen LogP contribution < -0.4 is 4.74 Å². The van der Waals surface area contributed by atoms with Crippen molar-refractivity contribution in [2.24, 2.45) is 0 Å². The van der Waals surface area contributed by atoms with Crippen molar-refractivity contribution in [1.29, 1.82) is 0 Å². The Labute approximate surface area is 220 Å². The summed E-state index contributed by atoms with van der Waals surface area (Å²) in [5.74, 6) is 1.45. The van der Waals surface area contributed by atoms with E-state index in [4.69, 9.17) is 14.6 Å². The summed E-state index contributed by atoms with van der Waals surface area (Å²) in [6.45, 7) is 10.2. The van der Waals surface area contributed by atoms with E-state index in [1.165, 1.54) is 5.56 Å². The summed E-state index contributed by atoms with van der Waals surface area (Å²) in [6.07, 6.45) is -0.614. The summed E-state index contributed by atoms with van der Waals surface area (Å²) in [5, 5.41) is 15.6. The van der Waals surface area contributed by atoms with Crippen molar-refractivity contribution in [3.05, 3.63) is 107 Å². The third kappa shape index (κ3) is 7.29. The van der Waals surface area contributed by atoms with E-state index >= 15 is 0 Å². The minimum Gasteiger partial charge on any atom is -0.439 e. The molecule has 0 saturated carbocycles. The van der Waals surface area contributed by atoms with Gasteiger partial charge < -0.3 is 14.6 Å². The molecule has 1 atom stereocenters. The van der Waals surface area contributed by atoms with E-state index in [9.17, 15) is 5.11 Å². The molecule has 0 bridgehead atoms. The van der Waals surface area contributed by atoms with Gasteiger partial charge in [-0.3, -0.25) is 4.90 Å². The van der Waals surface area contributed by atoms with Crippen LogP contribution >= 0.6 is 0 Å². The molecule has 1 aromatic heterocycles. The standard InChI is InChI=1S/C31H37N3O3/c1-23(2)33(19-28(35)22-36-21-26-11-7-5-8-12-26)20-30-25(4)32-34(27-13-9-6-10-14-27)31(30)37-29-17-15-24(3)16-18-29/h5-18,23,28,35H,19-22H2,1-4H3/t28-/m0/s1. The first-order valence-electron chi connectivity index (χ1n) is 12.8. The molecule has 0 amide bonds. The van der Waals surface area contributed by atoms with Crippen molar-refractivity contribution < 1.29 is 14.6 Å². The van der Waals surface area contributed by atoms with Crippen LogP contribution in [0.15, 0.2) is 84.9 Å².